The average Bonchev–Trinajstić information content (AvgIpc) is 2.58. The first-order valence-electron chi connectivity index (χ1n) is 9.58. The largest absolute Gasteiger partial charge is 0.396 e. The van der Waals surface area contributed by atoms with E-state index in [1.165, 1.54) is 32.1 Å². The van der Waals surface area contributed by atoms with Gasteiger partial charge in [0.25, 0.3) is 0 Å². The molecule has 0 bridgehead atoms. The van der Waals surface area contributed by atoms with Crippen LogP contribution in [0.15, 0.2) is 30.3 Å². The van der Waals surface area contributed by atoms with Gasteiger partial charge >= 0.3 is 0 Å². The summed E-state index contributed by atoms with van der Waals surface area (Å²) in [7, 11) is 0. The molecule has 0 aliphatic heterocycles. The molecule has 0 saturated carbocycles. The average molecular weight is 334 g/mol. The zero-order valence-electron chi connectivity index (χ0n) is 15.5. The van der Waals surface area contributed by atoms with Crippen molar-refractivity contribution in [2.45, 2.75) is 77.7 Å². The van der Waals surface area contributed by atoms with E-state index in [2.05, 4.69) is 24.4 Å². The second-order valence-corrected chi connectivity index (χ2v) is 7.00. The third kappa shape index (κ3) is 9.71. The molecule has 24 heavy (non-hydrogen) atoms. The van der Waals surface area contributed by atoms with Crippen LogP contribution in [-0.4, -0.2) is 17.6 Å². The van der Waals surface area contributed by atoms with Gasteiger partial charge in [0.05, 0.1) is 6.04 Å². The Labute approximate surface area is 147 Å². The number of aliphatic hydroxyl groups excluding tert-OH is 1. The summed E-state index contributed by atoms with van der Waals surface area (Å²) < 4.78 is 0. The highest BCUT2D eigenvalue weighted by Crippen LogP contribution is 2.16. The summed E-state index contributed by atoms with van der Waals surface area (Å²) in [5, 5.41) is 11.8. The van der Waals surface area contributed by atoms with Crippen LogP contribution in [0.5, 0.6) is 0 Å². The topological polar surface area (TPSA) is 49.3 Å². The lowest BCUT2D eigenvalue weighted by molar-refractivity contribution is -0.122. The number of hydrogen-bond donors (Lipinski definition) is 2. The summed E-state index contributed by atoms with van der Waals surface area (Å²) in [6.07, 6.45) is 10.1. The fourth-order valence-corrected chi connectivity index (χ4v) is 3.03. The van der Waals surface area contributed by atoms with Gasteiger partial charge < -0.3 is 10.4 Å². The maximum absolute atomic E-state index is 12.1. The molecule has 2 N–H and O–H groups in total. The molecule has 0 aliphatic rings. The molecular weight excluding hydrogens is 298 g/mol. The van der Waals surface area contributed by atoms with Crippen molar-refractivity contribution < 1.29 is 9.90 Å². The monoisotopic (exact) mass is 333 g/mol. The minimum absolute atomic E-state index is 0.0739. The summed E-state index contributed by atoms with van der Waals surface area (Å²) in [5.41, 5.74) is 1.15. The molecule has 3 nitrogen and oxygen atoms in total. The van der Waals surface area contributed by atoms with E-state index in [1.807, 2.05) is 25.1 Å². The highest BCUT2D eigenvalue weighted by molar-refractivity contribution is 5.76. The Kier molecular flexibility index (Phi) is 11.2. The first kappa shape index (κ1) is 20.7. The number of aliphatic hydroxyl groups is 1. The first-order valence-corrected chi connectivity index (χ1v) is 9.58. The number of carbonyl (C=O) groups is 1. The fraction of sp³-hybridized carbons (Fsp3) is 0.667. The van der Waals surface area contributed by atoms with Crippen molar-refractivity contribution in [3.8, 4) is 0 Å². The summed E-state index contributed by atoms with van der Waals surface area (Å²) in [4.78, 5) is 12.1. The first-order chi connectivity index (χ1) is 11.6. The lowest BCUT2D eigenvalue weighted by atomic mass is 9.98. The Morgan fingerprint density at radius 1 is 0.958 bits per heavy atom. The van der Waals surface area contributed by atoms with Gasteiger partial charge in [0.15, 0.2) is 0 Å². The van der Waals surface area contributed by atoms with Gasteiger partial charge in [0.1, 0.15) is 0 Å². The van der Waals surface area contributed by atoms with Gasteiger partial charge in [-0.05, 0) is 24.8 Å². The van der Waals surface area contributed by atoms with Gasteiger partial charge in [-0.1, -0.05) is 82.2 Å². The Hall–Kier alpha value is -1.35. The Morgan fingerprint density at radius 3 is 2.17 bits per heavy atom. The Balaban J connectivity index is 2.07. The van der Waals surface area contributed by atoms with E-state index >= 15 is 0 Å². The van der Waals surface area contributed by atoms with Crippen molar-refractivity contribution in [1.29, 1.82) is 0 Å². The highest BCUT2D eigenvalue weighted by atomic mass is 16.2. The van der Waals surface area contributed by atoms with Crippen LogP contribution >= 0.6 is 0 Å². The predicted molar refractivity (Wildman–Crippen MR) is 101 cm³/mol. The SMILES string of the molecule is C[C@@H](CCCCCCCCCO)CC(=O)N[C@H](C)c1ccccc1. The molecule has 1 rings (SSSR count). The quantitative estimate of drug-likeness (QED) is 0.499. The van der Waals surface area contributed by atoms with Crippen LogP contribution in [0, 0.1) is 5.92 Å². The van der Waals surface area contributed by atoms with Crippen molar-refractivity contribution in [2.24, 2.45) is 5.92 Å². The summed E-state index contributed by atoms with van der Waals surface area (Å²) in [6, 6.07) is 10.2. The van der Waals surface area contributed by atoms with E-state index in [1.54, 1.807) is 0 Å². The van der Waals surface area contributed by atoms with Gasteiger partial charge in [-0.15, -0.1) is 0 Å². The second-order valence-electron chi connectivity index (χ2n) is 7.00. The van der Waals surface area contributed by atoms with Crippen molar-refractivity contribution in [3.63, 3.8) is 0 Å². The minimum atomic E-state index is 0.0739. The molecule has 1 aromatic carbocycles. The van der Waals surface area contributed by atoms with Gasteiger partial charge in [-0.25, -0.2) is 0 Å². The number of rotatable bonds is 13. The van der Waals surface area contributed by atoms with Crippen LogP contribution in [-0.2, 0) is 4.79 Å². The molecular formula is C21H35NO2. The molecule has 0 aliphatic carbocycles. The molecule has 3 heteroatoms. The zero-order chi connectivity index (χ0) is 17.6. The van der Waals surface area contributed by atoms with E-state index in [4.69, 9.17) is 5.11 Å². The third-order valence-electron chi connectivity index (χ3n) is 4.57. The second kappa shape index (κ2) is 13.0. The van der Waals surface area contributed by atoms with Crippen LogP contribution in [0.3, 0.4) is 0 Å². The molecule has 0 unspecified atom stereocenters. The zero-order valence-corrected chi connectivity index (χ0v) is 15.5. The molecule has 2 atom stereocenters. The highest BCUT2D eigenvalue weighted by Gasteiger charge is 2.12. The maximum Gasteiger partial charge on any atom is 0.220 e. The van der Waals surface area contributed by atoms with E-state index in [9.17, 15) is 4.79 Å². The van der Waals surface area contributed by atoms with Crippen LogP contribution < -0.4 is 5.32 Å². The van der Waals surface area contributed by atoms with Crippen LogP contribution in [0.25, 0.3) is 0 Å². The number of benzene rings is 1. The Bertz CT molecular complexity index is 433. The lowest BCUT2D eigenvalue weighted by Gasteiger charge is -2.16. The standard InChI is InChI=1S/C21H35NO2/c1-18(13-9-6-4-3-5-7-12-16-23)17-21(24)22-19(2)20-14-10-8-11-15-20/h8,10-11,14-15,18-19,23H,3-7,9,12-13,16-17H2,1-2H3,(H,22,24)/t18-,19+/m0/s1. The number of carbonyl (C=O) groups excluding carboxylic acids is 1. The smallest absolute Gasteiger partial charge is 0.220 e. The molecule has 0 radical (unpaired) electrons. The van der Waals surface area contributed by atoms with Crippen LogP contribution in [0.1, 0.15) is 83.2 Å². The molecule has 0 fully saturated rings. The maximum atomic E-state index is 12.1. The summed E-state index contributed by atoms with van der Waals surface area (Å²) >= 11 is 0. The van der Waals surface area contributed by atoms with E-state index in [0.717, 1.165) is 24.8 Å². The van der Waals surface area contributed by atoms with Crippen molar-refractivity contribution >= 4 is 5.91 Å². The third-order valence-corrected chi connectivity index (χ3v) is 4.57. The van der Waals surface area contributed by atoms with E-state index in [0.29, 0.717) is 18.9 Å². The van der Waals surface area contributed by atoms with E-state index in [-0.39, 0.29) is 11.9 Å². The number of unbranched alkanes of at least 4 members (excludes halogenated alkanes) is 6. The van der Waals surface area contributed by atoms with Crippen molar-refractivity contribution in [2.75, 3.05) is 6.61 Å². The number of amides is 1. The molecule has 1 aromatic rings. The van der Waals surface area contributed by atoms with Gasteiger partial charge in [0.2, 0.25) is 5.91 Å². The molecule has 0 spiro atoms. The lowest BCUT2D eigenvalue weighted by Crippen LogP contribution is -2.27. The predicted octanol–water partition coefficient (Wildman–Crippen LogP) is 5.00. The fourth-order valence-electron chi connectivity index (χ4n) is 3.03. The van der Waals surface area contributed by atoms with Gasteiger partial charge in [-0.2, -0.15) is 0 Å². The van der Waals surface area contributed by atoms with Crippen LogP contribution in [0.2, 0.25) is 0 Å². The van der Waals surface area contributed by atoms with Gasteiger partial charge in [0, 0.05) is 13.0 Å². The molecule has 136 valence electrons. The van der Waals surface area contributed by atoms with Crippen molar-refractivity contribution in [3.05, 3.63) is 35.9 Å². The molecule has 0 heterocycles. The van der Waals surface area contributed by atoms with Crippen LogP contribution in [0.4, 0.5) is 0 Å². The number of hydrogen-bond acceptors (Lipinski definition) is 2. The molecule has 1 amide bonds. The summed E-state index contributed by atoms with van der Waals surface area (Å²) in [5.74, 6) is 0.602. The molecule has 0 aromatic heterocycles. The molecule has 0 saturated heterocycles. The normalized spacial score (nSPS) is 13.5. The van der Waals surface area contributed by atoms with Gasteiger partial charge in [-0.3, -0.25) is 4.79 Å². The minimum Gasteiger partial charge on any atom is -0.396 e. The van der Waals surface area contributed by atoms with E-state index < -0.39 is 0 Å². The number of nitrogens with one attached hydrogen (secondary N) is 1. The van der Waals surface area contributed by atoms with Crippen molar-refractivity contribution in [1.82, 2.24) is 5.32 Å². The summed E-state index contributed by atoms with van der Waals surface area (Å²) in [6.45, 7) is 4.53. The Morgan fingerprint density at radius 2 is 1.54 bits per heavy atom.